The van der Waals surface area contributed by atoms with E-state index in [9.17, 15) is 9.59 Å². The smallest absolute Gasteiger partial charge is 0.354 e. The van der Waals surface area contributed by atoms with Crippen molar-refractivity contribution < 1.29 is 14.3 Å². The van der Waals surface area contributed by atoms with E-state index < -0.39 is 5.97 Å². The van der Waals surface area contributed by atoms with E-state index in [-0.39, 0.29) is 11.1 Å². The lowest BCUT2D eigenvalue weighted by atomic mass is 10.1. The molecule has 1 N–H and O–H groups in total. The van der Waals surface area contributed by atoms with Crippen LogP contribution in [0, 0.1) is 6.92 Å². The fraction of sp³-hybridized carbons (Fsp3) is 0.231. The standard InChI is InChI=1S/C13H13NO4/c1-7-4-5-10(17-2)12-11(7)9(15)6-8(14-12)13(16)18-3/h4-6H,1-3H3,(H,14,15). The number of ether oxygens (including phenoxy) is 2. The number of methoxy groups -OCH3 is 2. The Hall–Kier alpha value is -2.30. The number of hydrogen-bond donors (Lipinski definition) is 1. The van der Waals surface area contributed by atoms with E-state index >= 15 is 0 Å². The van der Waals surface area contributed by atoms with Gasteiger partial charge in [0.25, 0.3) is 0 Å². The van der Waals surface area contributed by atoms with E-state index in [0.29, 0.717) is 16.7 Å². The maximum atomic E-state index is 12.0. The zero-order chi connectivity index (χ0) is 13.3. The molecule has 0 aliphatic rings. The predicted octanol–water partition coefficient (Wildman–Crippen LogP) is 1.63. The number of pyridine rings is 1. The van der Waals surface area contributed by atoms with Crippen LogP contribution in [0.2, 0.25) is 0 Å². The maximum Gasteiger partial charge on any atom is 0.354 e. The third kappa shape index (κ3) is 1.84. The summed E-state index contributed by atoms with van der Waals surface area (Å²) < 4.78 is 9.78. The van der Waals surface area contributed by atoms with E-state index in [4.69, 9.17) is 4.74 Å². The quantitative estimate of drug-likeness (QED) is 0.819. The molecule has 0 saturated carbocycles. The van der Waals surface area contributed by atoms with E-state index in [1.165, 1.54) is 20.3 Å². The van der Waals surface area contributed by atoms with Gasteiger partial charge in [0.1, 0.15) is 11.4 Å². The molecule has 18 heavy (non-hydrogen) atoms. The number of aromatic nitrogens is 1. The molecule has 1 heterocycles. The van der Waals surface area contributed by atoms with Gasteiger partial charge in [0.2, 0.25) is 0 Å². The molecule has 0 bridgehead atoms. The van der Waals surface area contributed by atoms with E-state index in [1.807, 2.05) is 6.92 Å². The molecule has 0 atom stereocenters. The van der Waals surface area contributed by atoms with Crippen LogP contribution in [0.5, 0.6) is 5.75 Å². The van der Waals surface area contributed by atoms with Crippen molar-refractivity contribution in [2.24, 2.45) is 0 Å². The zero-order valence-corrected chi connectivity index (χ0v) is 10.4. The van der Waals surface area contributed by atoms with Gasteiger partial charge in [0, 0.05) is 6.07 Å². The molecule has 2 aromatic rings. The minimum Gasteiger partial charge on any atom is -0.495 e. The lowest BCUT2D eigenvalue weighted by molar-refractivity contribution is 0.0594. The highest BCUT2D eigenvalue weighted by atomic mass is 16.5. The Morgan fingerprint density at radius 1 is 1.28 bits per heavy atom. The van der Waals surface area contributed by atoms with Crippen molar-refractivity contribution in [3.05, 3.63) is 39.7 Å². The normalized spacial score (nSPS) is 10.4. The molecule has 94 valence electrons. The Kier molecular flexibility index (Phi) is 3.06. The third-order valence-electron chi connectivity index (χ3n) is 2.78. The summed E-state index contributed by atoms with van der Waals surface area (Å²) in [6.07, 6.45) is 0. The monoisotopic (exact) mass is 247 g/mol. The third-order valence-corrected chi connectivity index (χ3v) is 2.78. The molecule has 5 heteroatoms. The molecule has 0 aliphatic heterocycles. The van der Waals surface area contributed by atoms with Crippen molar-refractivity contribution in [3.63, 3.8) is 0 Å². The van der Waals surface area contributed by atoms with Gasteiger partial charge >= 0.3 is 5.97 Å². The molecule has 0 radical (unpaired) electrons. The van der Waals surface area contributed by atoms with Gasteiger partial charge in [-0.15, -0.1) is 0 Å². The summed E-state index contributed by atoms with van der Waals surface area (Å²) in [4.78, 5) is 26.4. The molecule has 1 aromatic heterocycles. The van der Waals surface area contributed by atoms with Gasteiger partial charge in [-0.25, -0.2) is 4.79 Å². The van der Waals surface area contributed by atoms with Gasteiger partial charge in [0.15, 0.2) is 5.43 Å². The molecule has 0 saturated heterocycles. The van der Waals surface area contributed by atoms with Crippen LogP contribution >= 0.6 is 0 Å². The maximum absolute atomic E-state index is 12.0. The van der Waals surface area contributed by atoms with Crippen molar-refractivity contribution >= 4 is 16.9 Å². The van der Waals surface area contributed by atoms with Crippen LogP contribution in [0.15, 0.2) is 23.0 Å². The van der Waals surface area contributed by atoms with Crippen molar-refractivity contribution in [1.29, 1.82) is 0 Å². The Bertz CT molecular complexity index is 672. The number of fused-ring (bicyclic) bond motifs is 1. The van der Waals surface area contributed by atoms with E-state index in [2.05, 4.69) is 9.72 Å². The zero-order valence-electron chi connectivity index (χ0n) is 10.4. The van der Waals surface area contributed by atoms with Crippen molar-refractivity contribution in [1.82, 2.24) is 4.98 Å². The van der Waals surface area contributed by atoms with Crippen LogP contribution in [0.3, 0.4) is 0 Å². The second-order valence-corrected chi connectivity index (χ2v) is 3.87. The lowest BCUT2D eigenvalue weighted by Gasteiger charge is -2.09. The first-order valence-corrected chi connectivity index (χ1v) is 5.37. The highest BCUT2D eigenvalue weighted by Gasteiger charge is 2.13. The molecule has 0 spiro atoms. The van der Waals surface area contributed by atoms with E-state index in [0.717, 1.165) is 5.56 Å². The van der Waals surface area contributed by atoms with Crippen LogP contribution < -0.4 is 10.2 Å². The SMILES string of the molecule is COC(=O)c1cc(=O)c2c(C)ccc(OC)c2[nH]1. The molecular weight excluding hydrogens is 234 g/mol. The Morgan fingerprint density at radius 3 is 2.61 bits per heavy atom. The molecule has 1 aromatic carbocycles. The number of benzene rings is 1. The molecular formula is C13H13NO4. The van der Waals surface area contributed by atoms with Gasteiger partial charge in [0.05, 0.1) is 25.1 Å². The molecule has 2 rings (SSSR count). The minimum absolute atomic E-state index is 0.110. The molecule has 0 unspecified atom stereocenters. The van der Waals surface area contributed by atoms with E-state index in [1.54, 1.807) is 12.1 Å². The Morgan fingerprint density at radius 2 is 2.00 bits per heavy atom. The fourth-order valence-electron chi connectivity index (χ4n) is 1.89. The predicted molar refractivity (Wildman–Crippen MR) is 67.2 cm³/mol. The average Bonchev–Trinajstić information content (AvgIpc) is 2.37. The van der Waals surface area contributed by atoms with Gasteiger partial charge < -0.3 is 14.5 Å². The number of H-pyrrole nitrogens is 1. The second-order valence-electron chi connectivity index (χ2n) is 3.87. The van der Waals surface area contributed by atoms with Crippen molar-refractivity contribution in [3.8, 4) is 5.75 Å². The summed E-state index contributed by atoms with van der Waals surface area (Å²) in [5.41, 5.74) is 1.20. The van der Waals surface area contributed by atoms with Gasteiger partial charge in [-0.2, -0.15) is 0 Å². The number of nitrogens with one attached hydrogen (secondary N) is 1. The minimum atomic E-state index is -0.586. The fourth-order valence-corrected chi connectivity index (χ4v) is 1.89. The summed E-state index contributed by atoms with van der Waals surface area (Å²) in [7, 11) is 2.77. The Balaban J connectivity index is 2.86. The summed E-state index contributed by atoms with van der Waals surface area (Å²) in [6, 6.07) is 4.78. The number of hydrogen-bond acceptors (Lipinski definition) is 4. The molecule has 0 amide bonds. The molecule has 0 aliphatic carbocycles. The Labute approximate surface area is 103 Å². The number of rotatable bonds is 2. The number of esters is 1. The average molecular weight is 247 g/mol. The summed E-state index contributed by atoms with van der Waals surface area (Å²) in [6.45, 7) is 1.83. The number of carbonyl (C=O) groups excluding carboxylic acids is 1. The first-order chi connectivity index (χ1) is 8.58. The lowest BCUT2D eigenvalue weighted by Crippen LogP contribution is -2.12. The first kappa shape index (κ1) is 12.2. The first-order valence-electron chi connectivity index (χ1n) is 5.37. The largest absolute Gasteiger partial charge is 0.495 e. The van der Waals surface area contributed by atoms with Crippen LogP contribution in [0.1, 0.15) is 16.1 Å². The summed E-state index contributed by atoms with van der Waals surface area (Å²) >= 11 is 0. The second kappa shape index (κ2) is 4.52. The van der Waals surface area contributed by atoms with Crippen LogP contribution in [-0.4, -0.2) is 25.2 Å². The van der Waals surface area contributed by atoms with Crippen LogP contribution in [0.4, 0.5) is 0 Å². The van der Waals surface area contributed by atoms with Crippen molar-refractivity contribution in [2.75, 3.05) is 14.2 Å². The number of aryl methyl sites for hydroxylation is 1. The molecule has 0 fully saturated rings. The van der Waals surface area contributed by atoms with Gasteiger partial charge in [-0.1, -0.05) is 6.07 Å². The summed E-state index contributed by atoms with van der Waals surface area (Å²) in [5, 5.41) is 0.516. The van der Waals surface area contributed by atoms with Crippen LogP contribution in [-0.2, 0) is 4.74 Å². The van der Waals surface area contributed by atoms with Crippen molar-refractivity contribution in [2.45, 2.75) is 6.92 Å². The van der Waals surface area contributed by atoms with Gasteiger partial charge in [-0.05, 0) is 18.6 Å². The highest BCUT2D eigenvalue weighted by Crippen LogP contribution is 2.24. The van der Waals surface area contributed by atoms with Crippen LogP contribution in [0.25, 0.3) is 10.9 Å². The topological polar surface area (TPSA) is 68.4 Å². The van der Waals surface area contributed by atoms with Gasteiger partial charge in [-0.3, -0.25) is 4.79 Å². The molecule has 5 nitrogen and oxygen atoms in total. The highest BCUT2D eigenvalue weighted by molar-refractivity contribution is 5.93. The number of aromatic amines is 1. The number of carbonyl (C=O) groups is 1. The summed E-state index contributed by atoms with van der Waals surface area (Å²) in [5.74, 6) is -0.0731.